The molecule has 1 aromatic carbocycles. The highest BCUT2D eigenvalue weighted by Crippen LogP contribution is 2.35. The Hall–Kier alpha value is -0.470. The predicted octanol–water partition coefficient (Wildman–Crippen LogP) is 3.48. The second-order valence-electron chi connectivity index (χ2n) is 4.58. The molecule has 16 heavy (non-hydrogen) atoms. The first-order chi connectivity index (χ1) is 7.81. The van der Waals surface area contributed by atoms with E-state index in [1.54, 1.807) is 0 Å². The SMILES string of the molecule is CCNC(CSc1ccccc1C)C1CC1. The minimum absolute atomic E-state index is 0.717. The van der Waals surface area contributed by atoms with Crippen molar-refractivity contribution in [3.8, 4) is 0 Å². The number of hydrogen-bond acceptors (Lipinski definition) is 2. The Morgan fingerprint density at radius 3 is 2.75 bits per heavy atom. The molecule has 0 saturated heterocycles. The molecule has 0 heterocycles. The topological polar surface area (TPSA) is 12.0 Å². The fraction of sp³-hybridized carbons (Fsp3) is 0.571. The van der Waals surface area contributed by atoms with Crippen LogP contribution in [0.5, 0.6) is 0 Å². The zero-order chi connectivity index (χ0) is 11.4. The molecule has 1 aliphatic rings. The van der Waals surface area contributed by atoms with E-state index < -0.39 is 0 Å². The first kappa shape index (κ1) is 12.0. The standard InChI is InChI=1S/C14H21NS/c1-3-15-13(12-8-9-12)10-16-14-7-5-4-6-11(14)2/h4-7,12-13,15H,3,8-10H2,1-2H3. The van der Waals surface area contributed by atoms with Crippen LogP contribution in [0.15, 0.2) is 29.2 Å². The van der Waals surface area contributed by atoms with Gasteiger partial charge in [0.2, 0.25) is 0 Å². The Morgan fingerprint density at radius 2 is 2.12 bits per heavy atom. The van der Waals surface area contributed by atoms with E-state index in [4.69, 9.17) is 0 Å². The van der Waals surface area contributed by atoms with Crippen LogP contribution in [-0.4, -0.2) is 18.3 Å². The van der Waals surface area contributed by atoms with Crippen LogP contribution in [0.4, 0.5) is 0 Å². The first-order valence-corrected chi connectivity index (χ1v) is 7.21. The van der Waals surface area contributed by atoms with Crippen LogP contribution in [-0.2, 0) is 0 Å². The summed E-state index contributed by atoms with van der Waals surface area (Å²) in [5.41, 5.74) is 1.40. The maximum Gasteiger partial charge on any atom is 0.0189 e. The lowest BCUT2D eigenvalue weighted by atomic mass is 10.2. The van der Waals surface area contributed by atoms with Crippen molar-refractivity contribution in [3.63, 3.8) is 0 Å². The fourth-order valence-corrected chi connectivity index (χ4v) is 3.24. The summed E-state index contributed by atoms with van der Waals surface area (Å²) in [5, 5.41) is 3.61. The van der Waals surface area contributed by atoms with Crippen LogP contribution in [0.1, 0.15) is 25.3 Å². The highest BCUT2D eigenvalue weighted by atomic mass is 32.2. The van der Waals surface area contributed by atoms with Crippen LogP contribution in [0.25, 0.3) is 0 Å². The van der Waals surface area contributed by atoms with Gasteiger partial charge in [0, 0.05) is 16.7 Å². The molecule has 1 atom stereocenters. The Bertz CT molecular complexity index is 333. The van der Waals surface area contributed by atoms with Gasteiger partial charge in [-0.1, -0.05) is 25.1 Å². The molecule has 2 heteroatoms. The predicted molar refractivity (Wildman–Crippen MR) is 72.1 cm³/mol. The third-order valence-corrected chi connectivity index (χ3v) is 4.46. The van der Waals surface area contributed by atoms with E-state index in [1.807, 2.05) is 11.8 Å². The quantitative estimate of drug-likeness (QED) is 0.758. The van der Waals surface area contributed by atoms with Crippen molar-refractivity contribution in [1.82, 2.24) is 5.32 Å². The summed E-state index contributed by atoms with van der Waals surface area (Å²) in [6.45, 7) is 5.49. The van der Waals surface area contributed by atoms with Crippen molar-refractivity contribution in [1.29, 1.82) is 0 Å². The van der Waals surface area contributed by atoms with E-state index in [2.05, 4.69) is 43.4 Å². The van der Waals surface area contributed by atoms with Crippen LogP contribution < -0.4 is 5.32 Å². The molecule has 1 saturated carbocycles. The van der Waals surface area contributed by atoms with Crippen LogP contribution in [0.3, 0.4) is 0 Å². The number of aryl methyl sites for hydroxylation is 1. The second kappa shape index (κ2) is 5.74. The molecule has 1 aliphatic carbocycles. The largest absolute Gasteiger partial charge is 0.313 e. The Balaban J connectivity index is 1.87. The smallest absolute Gasteiger partial charge is 0.0189 e. The average molecular weight is 235 g/mol. The van der Waals surface area contributed by atoms with Crippen molar-refractivity contribution in [3.05, 3.63) is 29.8 Å². The third kappa shape index (κ3) is 3.26. The number of thioether (sulfide) groups is 1. The number of benzene rings is 1. The molecule has 0 amide bonds. The Labute approximate surface area is 103 Å². The third-order valence-electron chi connectivity index (χ3n) is 3.17. The van der Waals surface area contributed by atoms with Crippen molar-refractivity contribution >= 4 is 11.8 Å². The summed E-state index contributed by atoms with van der Waals surface area (Å²) < 4.78 is 0. The van der Waals surface area contributed by atoms with Gasteiger partial charge in [-0.05, 0) is 43.9 Å². The molecule has 1 aromatic rings. The zero-order valence-electron chi connectivity index (χ0n) is 10.2. The van der Waals surface area contributed by atoms with Gasteiger partial charge >= 0.3 is 0 Å². The maximum atomic E-state index is 3.61. The molecule has 0 bridgehead atoms. The lowest BCUT2D eigenvalue weighted by Gasteiger charge is -2.17. The van der Waals surface area contributed by atoms with Crippen molar-refractivity contribution in [2.75, 3.05) is 12.3 Å². The molecule has 2 rings (SSSR count). The molecular formula is C14H21NS. The summed E-state index contributed by atoms with van der Waals surface area (Å²) in [5.74, 6) is 2.15. The highest BCUT2D eigenvalue weighted by molar-refractivity contribution is 7.99. The minimum atomic E-state index is 0.717. The van der Waals surface area contributed by atoms with Crippen molar-refractivity contribution < 1.29 is 0 Å². The molecule has 0 radical (unpaired) electrons. The summed E-state index contributed by atoms with van der Waals surface area (Å²) in [4.78, 5) is 1.44. The van der Waals surface area contributed by atoms with E-state index in [0.29, 0.717) is 0 Å². The molecule has 1 unspecified atom stereocenters. The van der Waals surface area contributed by atoms with Gasteiger partial charge in [-0.2, -0.15) is 0 Å². The Kier molecular flexibility index (Phi) is 4.30. The van der Waals surface area contributed by atoms with E-state index >= 15 is 0 Å². The second-order valence-corrected chi connectivity index (χ2v) is 5.64. The van der Waals surface area contributed by atoms with Gasteiger partial charge < -0.3 is 5.32 Å². The number of hydrogen-bond donors (Lipinski definition) is 1. The van der Waals surface area contributed by atoms with Gasteiger partial charge in [0.15, 0.2) is 0 Å². The lowest BCUT2D eigenvalue weighted by molar-refractivity contribution is 0.519. The highest BCUT2D eigenvalue weighted by Gasteiger charge is 2.30. The maximum absolute atomic E-state index is 3.61. The number of rotatable bonds is 6. The number of nitrogens with one attached hydrogen (secondary N) is 1. The van der Waals surface area contributed by atoms with E-state index in [0.717, 1.165) is 18.5 Å². The molecule has 1 fully saturated rings. The van der Waals surface area contributed by atoms with Crippen LogP contribution >= 0.6 is 11.8 Å². The first-order valence-electron chi connectivity index (χ1n) is 6.23. The molecule has 1 nitrogen and oxygen atoms in total. The summed E-state index contributed by atoms with van der Waals surface area (Å²) >= 11 is 2.00. The molecule has 0 aliphatic heterocycles. The molecule has 88 valence electrons. The zero-order valence-corrected chi connectivity index (χ0v) is 11.0. The normalized spacial score (nSPS) is 17.4. The fourth-order valence-electron chi connectivity index (χ4n) is 2.02. The minimum Gasteiger partial charge on any atom is -0.313 e. The van der Waals surface area contributed by atoms with Crippen molar-refractivity contribution in [2.24, 2.45) is 5.92 Å². The Morgan fingerprint density at radius 1 is 1.38 bits per heavy atom. The van der Waals surface area contributed by atoms with Gasteiger partial charge in [-0.25, -0.2) is 0 Å². The van der Waals surface area contributed by atoms with E-state index in [1.165, 1.54) is 29.1 Å². The van der Waals surface area contributed by atoms with Gasteiger partial charge in [-0.15, -0.1) is 11.8 Å². The molecule has 1 N–H and O–H groups in total. The molecule has 0 aromatic heterocycles. The average Bonchev–Trinajstić information content (AvgIpc) is 3.10. The molecular weight excluding hydrogens is 214 g/mol. The van der Waals surface area contributed by atoms with Gasteiger partial charge in [0.25, 0.3) is 0 Å². The van der Waals surface area contributed by atoms with E-state index in [9.17, 15) is 0 Å². The monoisotopic (exact) mass is 235 g/mol. The van der Waals surface area contributed by atoms with Gasteiger partial charge in [0.05, 0.1) is 0 Å². The van der Waals surface area contributed by atoms with Gasteiger partial charge in [0.1, 0.15) is 0 Å². The summed E-state index contributed by atoms with van der Waals surface area (Å²) in [6, 6.07) is 9.39. The summed E-state index contributed by atoms with van der Waals surface area (Å²) in [6.07, 6.45) is 2.85. The van der Waals surface area contributed by atoms with Crippen LogP contribution in [0, 0.1) is 12.8 Å². The van der Waals surface area contributed by atoms with Gasteiger partial charge in [-0.3, -0.25) is 0 Å². The lowest BCUT2D eigenvalue weighted by Crippen LogP contribution is -2.33. The molecule has 0 spiro atoms. The van der Waals surface area contributed by atoms with E-state index in [-0.39, 0.29) is 0 Å². The van der Waals surface area contributed by atoms with Crippen LogP contribution in [0.2, 0.25) is 0 Å². The van der Waals surface area contributed by atoms with Crippen molar-refractivity contribution in [2.45, 2.75) is 37.6 Å². The summed E-state index contributed by atoms with van der Waals surface area (Å²) in [7, 11) is 0.